The molecule has 2 aliphatic rings. The van der Waals surface area contributed by atoms with E-state index in [1.807, 2.05) is 47.1 Å². The van der Waals surface area contributed by atoms with Gasteiger partial charge in [-0.3, -0.25) is 4.79 Å². The van der Waals surface area contributed by atoms with E-state index in [4.69, 9.17) is 10.1 Å². The molecule has 0 aliphatic carbocycles. The number of fused-ring (bicyclic) bond motifs is 1. The Morgan fingerprint density at radius 1 is 0.914 bits per heavy atom. The second-order valence-corrected chi connectivity index (χ2v) is 9.35. The number of pyridine rings is 1. The molecule has 3 aromatic heterocycles. The molecule has 0 saturated carbocycles. The average molecular weight is 471 g/mol. The van der Waals surface area contributed by atoms with E-state index in [9.17, 15) is 9.18 Å². The van der Waals surface area contributed by atoms with Crippen LogP contribution in [0.3, 0.4) is 0 Å². The fourth-order valence-corrected chi connectivity index (χ4v) is 5.15. The van der Waals surface area contributed by atoms with Crippen LogP contribution in [0.5, 0.6) is 0 Å². The molecule has 178 valence electrons. The van der Waals surface area contributed by atoms with Gasteiger partial charge in [-0.05, 0) is 54.8 Å². The number of anilines is 2. The second-order valence-electron chi connectivity index (χ2n) is 9.35. The van der Waals surface area contributed by atoms with E-state index in [1.165, 1.54) is 6.07 Å². The van der Waals surface area contributed by atoms with Crippen LogP contribution in [0.2, 0.25) is 0 Å². The van der Waals surface area contributed by atoms with Gasteiger partial charge in [-0.1, -0.05) is 18.2 Å². The summed E-state index contributed by atoms with van der Waals surface area (Å²) in [4.78, 5) is 25.5. The fraction of sp³-hybridized carbons (Fsp3) is 0.333. The number of hydrogen-bond acceptors (Lipinski definition) is 6. The summed E-state index contributed by atoms with van der Waals surface area (Å²) in [6.07, 6.45) is 5.01. The van der Waals surface area contributed by atoms with E-state index >= 15 is 0 Å². The predicted octanol–water partition coefficient (Wildman–Crippen LogP) is 4.48. The normalized spacial score (nSPS) is 18.9. The molecule has 0 N–H and O–H groups in total. The van der Waals surface area contributed by atoms with E-state index in [0.717, 1.165) is 60.2 Å². The fourth-order valence-electron chi connectivity index (χ4n) is 5.15. The minimum Gasteiger partial charge on any atom is -0.356 e. The highest BCUT2D eigenvalue weighted by molar-refractivity contribution is 5.81. The Bertz CT molecular complexity index is 1380. The summed E-state index contributed by atoms with van der Waals surface area (Å²) in [5.74, 6) is 2.15. The number of benzene rings is 1. The van der Waals surface area contributed by atoms with Crippen LogP contribution in [-0.4, -0.2) is 51.5 Å². The van der Waals surface area contributed by atoms with Crippen LogP contribution in [0.1, 0.15) is 37.2 Å². The maximum absolute atomic E-state index is 13.8. The molecule has 2 aliphatic heterocycles. The first kappa shape index (κ1) is 21.7. The average Bonchev–Trinajstić information content (AvgIpc) is 3.33. The van der Waals surface area contributed by atoms with Gasteiger partial charge in [0.2, 0.25) is 0 Å². The number of Topliss-reactive ketones (excluding diaryl/α,β-unsaturated/α-hetero) is 1. The van der Waals surface area contributed by atoms with Crippen molar-refractivity contribution in [1.29, 1.82) is 0 Å². The number of carbonyl (C=O) groups is 1. The van der Waals surface area contributed by atoms with Crippen molar-refractivity contribution in [3.05, 3.63) is 72.2 Å². The molecule has 7 nitrogen and oxygen atoms in total. The van der Waals surface area contributed by atoms with Crippen molar-refractivity contribution in [3.8, 4) is 11.4 Å². The number of piperidine rings is 2. The molecule has 2 fully saturated rings. The SMILES string of the molecule is O=C1CCN(c2cccc(-c3cnc4ccc(N5CCC[C@H](c6cccc(F)c6)C5)nn34)n2)CC1. The zero-order chi connectivity index (χ0) is 23.8. The van der Waals surface area contributed by atoms with Crippen molar-refractivity contribution in [2.45, 2.75) is 31.6 Å². The molecule has 6 rings (SSSR count). The summed E-state index contributed by atoms with van der Waals surface area (Å²) in [5, 5.41) is 4.94. The van der Waals surface area contributed by atoms with Gasteiger partial charge >= 0.3 is 0 Å². The van der Waals surface area contributed by atoms with Gasteiger partial charge in [0, 0.05) is 44.9 Å². The highest BCUT2D eigenvalue weighted by atomic mass is 19.1. The molecular weight excluding hydrogens is 443 g/mol. The van der Waals surface area contributed by atoms with E-state index in [2.05, 4.69) is 14.8 Å². The van der Waals surface area contributed by atoms with E-state index in [1.54, 1.807) is 12.1 Å². The highest BCUT2D eigenvalue weighted by Crippen LogP contribution is 2.30. The summed E-state index contributed by atoms with van der Waals surface area (Å²) in [6, 6.07) is 16.9. The molecule has 1 atom stereocenters. The van der Waals surface area contributed by atoms with Crippen molar-refractivity contribution in [1.82, 2.24) is 19.6 Å². The van der Waals surface area contributed by atoms with Crippen molar-refractivity contribution >= 4 is 23.1 Å². The first-order valence-electron chi connectivity index (χ1n) is 12.2. The second kappa shape index (κ2) is 9.09. The number of imidazole rings is 1. The maximum Gasteiger partial charge on any atom is 0.154 e. The lowest BCUT2D eigenvalue weighted by molar-refractivity contribution is -0.119. The lowest BCUT2D eigenvalue weighted by atomic mass is 9.90. The molecule has 0 bridgehead atoms. The number of aromatic nitrogens is 4. The number of nitrogens with zero attached hydrogens (tertiary/aromatic N) is 6. The quantitative estimate of drug-likeness (QED) is 0.438. The van der Waals surface area contributed by atoms with Crippen LogP contribution < -0.4 is 9.80 Å². The molecule has 0 spiro atoms. The van der Waals surface area contributed by atoms with Crippen LogP contribution in [0.4, 0.5) is 16.0 Å². The third-order valence-electron chi connectivity index (χ3n) is 7.06. The summed E-state index contributed by atoms with van der Waals surface area (Å²) in [6.45, 7) is 3.11. The predicted molar refractivity (Wildman–Crippen MR) is 133 cm³/mol. The zero-order valence-corrected chi connectivity index (χ0v) is 19.5. The van der Waals surface area contributed by atoms with Gasteiger partial charge < -0.3 is 9.80 Å². The van der Waals surface area contributed by atoms with Crippen LogP contribution in [0, 0.1) is 5.82 Å². The van der Waals surface area contributed by atoms with Gasteiger partial charge in [-0.15, -0.1) is 5.10 Å². The standard InChI is InChI=1S/C27H27FN6O/c28-21-6-1-4-19(16-21)20-5-3-13-33(18-20)27-10-9-25-29-17-24(34(25)31-27)23-7-2-8-26(30-23)32-14-11-22(35)12-15-32/h1-2,4,6-10,16-17,20H,3,5,11-15,18H2/t20-/m0/s1. The summed E-state index contributed by atoms with van der Waals surface area (Å²) < 4.78 is 15.6. The number of carbonyl (C=O) groups excluding carboxylic acids is 1. The van der Waals surface area contributed by atoms with Crippen molar-refractivity contribution < 1.29 is 9.18 Å². The number of hydrogen-bond donors (Lipinski definition) is 0. The van der Waals surface area contributed by atoms with Gasteiger partial charge in [-0.2, -0.15) is 0 Å². The molecule has 8 heteroatoms. The number of ketones is 1. The molecular formula is C27H27FN6O. The van der Waals surface area contributed by atoms with E-state index in [-0.39, 0.29) is 11.7 Å². The number of rotatable bonds is 4. The summed E-state index contributed by atoms with van der Waals surface area (Å²) >= 11 is 0. The molecule has 0 radical (unpaired) electrons. The van der Waals surface area contributed by atoms with Crippen molar-refractivity contribution in [2.75, 3.05) is 36.0 Å². The van der Waals surface area contributed by atoms with Gasteiger partial charge in [-0.25, -0.2) is 18.9 Å². The molecule has 35 heavy (non-hydrogen) atoms. The monoisotopic (exact) mass is 470 g/mol. The third-order valence-corrected chi connectivity index (χ3v) is 7.06. The Kier molecular flexibility index (Phi) is 5.64. The minimum absolute atomic E-state index is 0.187. The van der Waals surface area contributed by atoms with Crippen LogP contribution in [-0.2, 0) is 4.79 Å². The molecule has 5 heterocycles. The van der Waals surface area contributed by atoms with Crippen LogP contribution in [0.15, 0.2) is 60.8 Å². The lowest BCUT2D eigenvalue weighted by Crippen LogP contribution is -2.35. The number of halogens is 1. The minimum atomic E-state index is -0.187. The van der Waals surface area contributed by atoms with Crippen molar-refractivity contribution in [2.24, 2.45) is 0 Å². The molecule has 4 aromatic rings. The Hall–Kier alpha value is -3.81. The molecule has 0 amide bonds. The molecule has 1 aromatic carbocycles. The Morgan fingerprint density at radius 2 is 1.77 bits per heavy atom. The summed E-state index contributed by atoms with van der Waals surface area (Å²) in [5.41, 5.74) is 3.43. The van der Waals surface area contributed by atoms with Gasteiger partial charge in [0.15, 0.2) is 5.65 Å². The lowest BCUT2D eigenvalue weighted by Gasteiger charge is -2.33. The zero-order valence-electron chi connectivity index (χ0n) is 19.5. The largest absolute Gasteiger partial charge is 0.356 e. The van der Waals surface area contributed by atoms with Crippen molar-refractivity contribution in [3.63, 3.8) is 0 Å². The topological polar surface area (TPSA) is 66.6 Å². The molecule has 0 unspecified atom stereocenters. The van der Waals surface area contributed by atoms with Crippen LogP contribution >= 0.6 is 0 Å². The summed E-state index contributed by atoms with van der Waals surface area (Å²) in [7, 11) is 0. The first-order valence-corrected chi connectivity index (χ1v) is 12.2. The van der Waals surface area contributed by atoms with Gasteiger partial charge in [0.25, 0.3) is 0 Å². The Morgan fingerprint density at radius 3 is 2.63 bits per heavy atom. The van der Waals surface area contributed by atoms with E-state index < -0.39 is 0 Å². The first-order chi connectivity index (χ1) is 17.1. The Labute approximate surface area is 203 Å². The van der Waals surface area contributed by atoms with Gasteiger partial charge in [0.05, 0.1) is 11.9 Å². The Balaban J connectivity index is 1.29. The van der Waals surface area contributed by atoms with Gasteiger partial charge in [0.1, 0.15) is 28.9 Å². The molecule has 2 saturated heterocycles. The maximum atomic E-state index is 13.8. The highest BCUT2D eigenvalue weighted by Gasteiger charge is 2.24. The third kappa shape index (κ3) is 4.36. The smallest absolute Gasteiger partial charge is 0.154 e. The van der Waals surface area contributed by atoms with E-state index in [0.29, 0.717) is 31.7 Å². The van der Waals surface area contributed by atoms with Crippen LogP contribution in [0.25, 0.3) is 17.0 Å².